The Hall–Kier alpha value is -2.90. The Kier molecular flexibility index (Phi) is 5.02. The minimum Gasteiger partial charge on any atom is -0.493 e. The predicted molar refractivity (Wildman–Crippen MR) is 99.8 cm³/mol. The van der Waals surface area contributed by atoms with Crippen molar-refractivity contribution in [2.24, 2.45) is 0 Å². The van der Waals surface area contributed by atoms with E-state index in [-0.39, 0.29) is 43.1 Å². The van der Waals surface area contributed by atoms with Crippen LogP contribution in [-0.4, -0.2) is 59.2 Å². The maximum absolute atomic E-state index is 13.1. The van der Waals surface area contributed by atoms with E-state index in [1.807, 2.05) is 4.90 Å². The van der Waals surface area contributed by atoms with Crippen LogP contribution in [0.4, 0.5) is 5.69 Å². The highest BCUT2D eigenvalue weighted by Gasteiger charge is 2.32. The second kappa shape index (κ2) is 7.61. The Labute approximate surface area is 162 Å². The van der Waals surface area contributed by atoms with Crippen LogP contribution in [0.1, 0.15) is 48.9 Å². The second-order valence-corrected chi connectivity index (χ2v) is 7.42. The number of anilines is 1. The summed E-state index contributed by atoms with van der Waals surface area (Å²) in [5.74, 6) is -0.716. The molecule has 0 saturated carbocycles. The molecule has 3 aliphatic heterocycles. The molecule has 2 fully saturated rings. The zero-order valence-corrected chi connectivity index (χ0v) is 15.6. The summed E-state index contributed by atoms with van der Waals surface area (Å²) in [6.07, 6.45) is 4.21. The third-order valence-electron chi connectivity index (χ3n) is 5.55. The summed E-state index contributed by atoms with van der Waals surface area (Å²) in [4.78, 5) is 51.6. The summed E-state index contributed by atoms with van der Waals surface area (Å²) < 4.78 is 5.79. The van der Waals surface area contributed by atoms with Crippen LogP contribution in [0.3, 0.4) is 0 Å². The van der Waals surface area contributed by atoms with Crippen LogP contribution in [-0.2, 0) is 14.4 Å². The van der Waals surface area contributed by atoms with Gasteiger partial charge in [-0.25, -0.2) is 0 Å². The number of carbonyl (C=O) groups is 4. The number of hydrogen-bond donors (Lipinski definition) is 1. The second-order valence-electron chi connectivity index (χ2n) is 7.42. The number of benzene rings is 1. The van der Waals surface area contributed by atoms with Crippen LogP contribution in [0.5, 0.6) is 5.75 Å². The summed E-state index contributed by atoms with van der Waals surface area (Å²) in [6, 6.07) is 5.15. The van der Waals surface area contributed by atoms with Gasteiger partial charge in [-0.15, -0.1) is 0 Å². The quantitative estimate of drug-likeness (QED) is 0.797. The summed E-state index contributed by atoms with van der Waals surface area (Å²) in [7, 11) is 0. The SMILES string of the molecule is O=C(CN1C(=O)CCC1=O)Nc1ccc2c(c1)C(=O)N1CCCC[C@H]1CCO2. The largest absolute Gasteiger partial charge is 0.493 e. The number of nitrogens with zero attached hydrogens (tertiary/aromatic N) is 2. The van der Waals surface area contributed by atoms with Crippen molar-refractivity contribution in [3.8, 4) is 5.75 Å². The van der Waals surface area contributed by atoms with Crippen molar-refractivity contribution in [2.45, 2.75) is 44.6 Å². The molecular formula is C20H23N3O5. The first-order valence-corrected chi connectivity index (χ1v) is 9.74. The molecule has 2 saturated heterocycles. The molecule has 0 unspecified atom stereocenters. The third-order valence-corrected chi connectivity index (χ3v) is 5.55. The van der Waals surface area contributed by atoms with Crippen LogP contribution in [0, 0.1) is 0 Å². The Balaban J connectivity index is 1.51. The molecule has 1 N–H and O–H groups in total. The lowest BCUT2D eigenvalue weighted by molar-refractivity contribution is -0.141. The van der Waals surface area contributed by atoms with Crippen LogP contribution in [0.2, 0.25) is 0 Å². The Morgan fingerprint density at radius 2 is 1.89 bits per heavy atom. The van der Waals surface area contributed by atoms with Crippen molar-refractivity contribution >= 4 is 29.3 Å². The molecule has 8 heteroatoms. The van der Waals surface area contributed by atoms with E-state index in [4.69, 9.17) is 4.74 Å². The van der Waals surface area contributed by atoms with Gasteiger partial charge < -0.3 is 15.0 Å². The fourth-order valence-corrected chi connectivity index (χ4v) is 4.07. The van der Waals surface area contributed by atoms with Crippen LogP contribution >= 0.6 is 0 Å². The fraction of sp³-hybridized carbons (Fsp3) is 0.500. The molecule has 1 atom stereocenters. The first-order chi connectivity index (χ1) is 13.5. The van der Waals surface area contributed by atoms with Gasteiger partial charge >= 0.3 is 0 Å². The van der Waals surface area contributed by atoms with Crippen LogP contribution < -0.4 is 10.1 Å². The monoisotopic (exact) mass is 385 g/mol. The number of carbonyl (C=O) groups excluding carboxylic acids is 4. The standard InChI is InChI=1S/C20H23N3O5/c24-17(12-23-18(25)6-7-19(23)26)21-13-4-5-16-15(11-13)20(27)22-9-2-1-3-14(22)8-10-28-16/h4-5,11,14H,1-3,6-10,12H2,(H,21,24)/t14-/m0/s1. The van der Waals surface area contributed by atoms with Gasteiger partial charge in [0.1, 0.15) is 12.3 Å². The topological polar surface area (TPSA) is 96.0 Å². The number of amides is 4. The van der Waals surface area contributed by atoms with E-state index in [1.54, 1.807) is 18.2 Å². The Morgan fingerprint density at radius 1 is 1.11 bits per heavy atom. The molecule has 1 aromatic carbocycles. The van der Waals surface area contributed by atoms with Gasteiger partial charge in [-0.05, 0) is 37.5 Å². The maximum Gasteiger partial charge on any atom is 0.257 e. The number of likely N-dealkylation sites (tertiary alicyclic amines) is 1. The highest BCUT2D eigenvalue weighted by molar-refractivity contribution is 6.06. The zero-order chi connectivity index (χ0) is 19.7. The first kappa shape index (κ1) is 18.5. The molecule has 0 aromatic heterocycles. The number of fused-ring (bicyclic) bond motifs is 2. The van der Waals surface area contributed by atoms with Crippen molar-refractivity contribution in [3.05, 3.63) is 23.8 Å². The van der Waals surface area contributed by atoms with Crippen molar-refractivity contribution in [2.75, 3.05) is 25.0 Å². The molecule has 8 nitrogen and oxygen atoms in total. The van der Waals surface area contributed by atoms with Gasteiger partial charge in [0.25, 0.3) is 5.91 Å². The zero-order valence-electron chi connectivity index (χ0n) is 15.6. The molecule has 4 rings (SSSR count). The van der Waals surface area contributed by atoms with Crippen LogP contribution in [0.15, 0.2) is 18.2 Å². The molecule has 3 heterocycles. The minimum atomic E-state index is -0.474. The van der Waals surface area contributed by atoms with Gasteiger partial charge in [0.05, 0.1) is 12.2 Å². The minimum absolute atomic E-state index is 0.0830. The molecule has 0 radical (unpaired) electrons. The number of hydrogen-bond acceptors (Lipinski definition) is 5. The average Bonchev–Trinajstić information content (AvgIpc) is 2.99. The summed E-state index contributed by atoms with van der Waals surface area (Å²) in [5, 5.41) is 2.68. The molecule has 0 aliphatic carbocycles. The lowest BCUT2D eigenvalue weighted by atomic mass is 9.97. The smallest absolute Gasteiger partial charge is 0.257 e. The highest BCUT2D eigenvalue weighted by Crippen LogP contribution is 2.31. The lowest BCUT2D eigenvalue weighted by Gasteiger charge is -2.37. The summed E-state index contributed by atoms with van der Waals surface area (Å²) >= 11 is 0. The van der Waals surface area contributed by atoms with Crippen molar-refractivity contribution in [3.63, 3.8) is 0 Å². The molecule has 0 bridgehead atoms. The first-order valence-electron chi connectivity index (χ1n) is 9.74. The van der Waals surface area contributed by atoms with Gasteiger partial charge in [-0.2, -0.15) is 0 Å². The van der Waals surface area contributed by atoms with E-state index in [0.717, 1.165) is 37.1 Å². The predicted octanol–water partition coefficient (Wildman–Crippen LogP) is 1.55. The van der Waals surface area contributed by atoms with Crippen LogP contribution in [0.25, 0.3) is 0 Å². The molecule has 4 amide bonds. The van der Waals surface area contributed by atoms with Gasteiger partial charge in [0, 0.05) is 37.5 Å². The molecular weight excluding hydrogens is 362 g/mol. The Bertz CT molecular complexity index is 821. The molecule has 148 valence electrons. The molecule has 1 aromatic rings. The number of ether oxygens (including phenoxy) is 1. The van der Waals surface area contributed by atoms with Crippen molar-refractivity contribution < 1.29 is 23.9 Å². The van der Waals surface area contributed by atoms with E-state index in [0.29, 0.717) is 23.6 Å². The Morgan fingerprint density at radius 3 is 2.68 bits per heavy atom. The summed E-state index contributed by atoms with van der Waals surface area (Å²) in [5.41, 5.74) is 0.867. The number of nitrogens with one attached hydrogen (secondary N) is 1. The number of piperidine rings is 1. The number of rotatable bonds is 3. The molecule has 0 spiro atoms. The van der Waals surface area contributed by atoms with E-state index in [1.165, 1.54) is 0 Å². The average molecular weight is 385 g/mol. The van der Waals surface area contributed by atoms with Crippen molar-refractivity contribution in [1.82, 2.24) is 9.80 Å². The third kappa shape index (κ3) is 3.58. The molecule has 28 heavy (non-hydrogen) atoms. The highest BCUT2D eigenvalue weighted by atomic mass is 16.5. The van der Waals surface area contributed by atoms with Gasteiger partial charge in [0.15, 0.2) is 0 Å². The van der Waals surface area contributed by atoms with Gasteiger partial charge in [-0.3, -0.25) is 24.1 Å². The van der Waals surface area contributed by atoms with E-state index in [9.17, 15) is 19.2 Å². The normalized spacial score (nSPS) is 22.1. The lowest BCUT2D eigenvalue weighted by Crippen LogP contribution is -2.45. The number of imide groups is 1. The van der Waals surface area contributed by atoms with Crippen molar-refractivity contribution in [1.29, 1.82) is 0 Å². The van der Waals surface area contributed by atoms with Gasteiger partial charge in [-0.1, -0.05) is 0 Å². The summed E-state index contributed by atoms with van der Waals surface area (Å²) in [6.45, 7) is 0.971. The van der Waals surface area contributed by atoms with E-state index >= 15 is 0 Å². The molecule has 3 aliphatic rings. The van der Waals surface area contributed by atoms with E-state index in [2.05, 4.69) is 5.32 Å². The maximum atomic E-state index is 13.1. The van der Waals surface area contributed by atoms with E-state index < -0.39 is 5.91 Å². The van der Waals surface area contributed by atoms with Gasteiger partial charge in [0.2, 0.25) is 17.7 Å². The fourth-order valence-electron chi connectivity index (χ4n) is 4.07.